The first-order valence-electron chi connectivity index (χ1n) is 7.09. The van der Waals surface area contributed by atoms with E-state index in [1.807, 2.05) is 24.4 Å². The van der Waals surface area contributed by atoms with Crippen LogP contribution in [0.15, 0.2) is 29.8 Å². The van der Waals surface area contributed by atoms with Gasteiger partial charge in [0.25, 0.3) is 0 Å². The summed E-state index contributed by atoms with van der Waals surface area (Å²) in [5.74, 6) is 2.59. The van der Waals surface area contributed by atoms with Crippen LogP contribution in [0.2, 0.25) is 0 Å². The molecule has 1 N–H and O–H groups in total. The van der Waals surface area contributed by atoms with E-state index in [-0.39, 0.29) is 0 Å². The van der Waals surface area contributed by atoms with Crippen LogP contribution in [0, 0.1) is 0 Å². The lowest BCUT2D eigenvalue weighted by molar-refractivity contribution is 0.511. The third-order valence-electron chi connectivity index (χ3n) is 3.41. The first-order valence-corrected chi connectivity index (χ1v) is 9.12. The summed E-state index contributed by atoms with van der Waals surface area (Å²) in [6.45, 7) is 1.03. The molecule has 5 heteroatoms. The molecule has 0 saturated carbocycles. The molecule has 0 aromatic carbocycles. The van der Waals surface area contributed by atoms with Gasteiger partial charge in [-0.1, -0.05) is 6.07 Å². The number of nitrogens with one attached hydrogen (secondary N) is 1. The maximum Gasteiger partial charge on any atom is 0.0998 e. The predicted octanol–water partition coefficient (Wildman–Crippen LogP) is 3.23. The van der Waals surface area contributed by atoms with Crippen LogP contribution in [-0.4, -0.2) is 34.1 Å². The molecule has 1 atom stereocenters. The molecule has 20 heavy (non-hydrogen) atoms. The first kappa shape index (κ1) is 14.0. The zero-order valence-electron chi connectivity index (χ0n) is 11.4. The van der Waals surface area contributed by atoms with Crippen molar-refractivity contribution < 1.29 is 0 Å². The summed E-state index contributed by atoms with van der Waals surface area (Å²) in [5, 5.41) is 6.95. The van der Waals surface area contributed by atoms with E-state index in [1.54, 1.807) is 11.3 Å². The van der Waals surface area contributed by atoms with Crippen LogP contribution in [0.25, 0.3) is 11.4 Å². The van der Waals surface area contributed by atoms with Crippen molar-refractivity contribution >= 4 is 23.1 Å². The van der Waals surface area contributed by atoms with Gasteiger partial charge in [-0.2, -0.15) is 11.8 Å². The minimum Gasteiger partial charge on any atom is -0.313 e. The van der Waals surface area contributed by atoms with Crippen molar-refractivity contribution in [3.63, 3.8) is 0 Å². The Kier molecular flexibility index (Phi) is 5.06. The Hall–Kier alpha value is -0.910. The summed E-state index contributed by atoms with van der Waals surface area (Å²) in [5.41, 5.74) is 1.96. The van der Waals surface area contributed by atoms with Crippen LogP contribution in [0.5, 0.6) is 0 Å². The van der Waals surface area contributed by atoms with Gasteiger partial charge in [-0.05, 0) is 30.7 Å². The molecule has 2 aromatic heterocycles. The Bertz CT molecular complexity index is 521. The molecule has 0 aliphatic carbocycles. The molecule has 3 nitrogen and oxygen atoms in total. The second-order valence-electron chi connectivity index (χ2n) is 4.96. The fourth-order valence-corrected chi connectivity index (χ4v) is 4.24. The Morgan fingerprint density at radius 2 is 2.30 bits per heavy atom. The average molecular weight is 305 g/mol. The zero-order chi connectivity index (χ0) is 13.6. The number of aromatic nitrogens is 2. The molecule has 3 rings (SSSR count). The van der Waals surface area contributed by atoms with E-state index in [0.29, 0.717) is 6.04 Å². The summed E-state index contributed by atoms with van der Waals surface area (Å²) in [6.07, 6.45) is 5.50. The van der Waals surface area contributed by atoms with Crippen molar-refractivity contribution in [2.45, 2.75) is 25.3 Å². The fraction of sp³-hybridized carbons (Fsp3) is 0.467. The normalized spacial score (nSPS) is 19.1. The van der Waals surface area contributed by atoms with E-state index in [0.717, 1.165) is 24.4 Å². The molecule has 3 heterocycles. The molecule has 1 aliphatic rings. The number of thiazole rings is 1. The Labute approximate surface area is 128 Å². The number of thioether (sulfide) groups is 1. The number of hydrogen-bond donors (Lipinski definition) is 1. The molecular formula is C15H19N3S2. The second-order valence-corrected chi connectivity index (χ2v) is 7.05. The molecule has 0 amide bonds. The summed E-state index contributed by atoms with van der Waals surface area (Å²) < 4.78 is 0. The van der Waals surface area contributed by atoms with E-state index in [1.165, 1.54) is 29.4 Å². The molecule has 1 aliphatic heterocycles. The van der Waals surface area contributed by atoms with Gasteiger partial charge in [-0.3, -0.25) is 4.98 Å². The maximum atomic E-state index is 4.67. The van der Waals surface area contributed by atoms with Crippen molar-refractivity contribution in [2.75, 3.05) is 18.1 Å². The quantitative estimate of drug-likeness (QED) is 0.920. The van der Waals surface area contributed by atoms with Gasteiger partial charge in [-0.15, -0.1) is 11.3 Å². The molecule has 1 saturated heterocycles. The minimum absolute atomic E-state index is 0.698. The lowest BCUT2D eigenvalue weighted by Crippen LogP contribution is -2.35. The van der Waals surface area contributed by atoms with Crippen molar-refractivity contribution in [1.82, 2.24) is 15.3 Å². The fourth-order valence-electron chi connectivity index (χ4n) is 2.34. The van der Waals surface area contributed by atoms with Gasteiger partial charge in [0.1, 0.15) is 0 Å². The van der Waals surface area contributed by atoms with Gasteiger partial charge in [0.15, 0.2) is 0 Å². The van der Waals surface area contributed by atoms with Gasteiger partial charge >= 0.3 is 0 Å². The molecule has 0 spiro atoms. The molecule has 106 valence electrons. The molecule has 0 bridgehead atoms. The van der Waals surface area contributed by atoms with Crippen molar-refractivity contribution in [2.24, 2.45) is 0 Å². The van der Waals surface area contributed by atoms with Gasteiger partial charge in [-0.25, -0.2) is 4.98 Å². The van der Waals surface area contributed by atoms with E-state index in [9.17, 15) is 0 Å². The SMILES string of the molecule is c1ccc(-c2csc(CCNC3CCCSC3)n2)nc1. The van der Waals surface area contributed by atoms with Crippen molar-refractivity contribution in [3.8, 4) is 11.4 Å². The van der Waals surface area contributed by atoms with Crippen LogP contribution in [0.1, 0.15) is 17.8 Å². The Morgan fingerprint density at radius 3 is 3.10 bits per heavy atom. The number of pyridine rings is 1. The lowest BCUT2D eigenvalue weighted by Gasteiger charge is -2.22. The second kappa shape index (κ2) is 7.20. The zero-order valence-corrected chi connectivity index (χ0v) is 13.1. The smallest absolute Gasteiger partial charge is 0.0998 e. The van der Waals surface area contributed by atoms with Crippen LogP contribution >= 0.6 is 23.1 Å². The summed E-state index contributed by atoms with van der Waals surface area (Å²) in [6, 6.07) is 6.65. The van der Waals surface area contributed by atoms with Crippen LogP contribution < -0.4 is 5.32 Å². The summed E-state index contributed by atoms with van der Waals surface area (Å²) in [7, 11) is 0. The van der Waals surface area contributed by atoms with E-state index in [4.69, 9.17) is 0 Å². The predicted molar refractivity (Wildman–Crippen MR) is 87.4 cm³/mol. The summed E-state index contributed by atoms with van der Waals surface area (Å²) >= 11 is 3.80. The molecule has 1 unspecified atom stereocenters. The average Bonchev–Trinajstić information content (AvgIpc) is 2.98. The molecule has 1 fully saturated rings. The molecule has 2 aromatic rings. The summed E-state index contributed by atoms with van der Waals surface area (Å²) in [4.78, 5) is 9.02. The van der Waals surface area contributed by atoms with Crippen LogP contribution in [-0.2, 0) is 6.42 Å². The third kappa shape index (κ3) is 3.81. The van der Waals surface area contributed by atoms with Gasteiger partial charge < -0.3 is 5.32 Å². The largest absolute Gasteiger partial charge is 0.313 e. The van der Waals surface area contributed by atoms with E-state index >= 15 is 0 Å². The number of nitrogens with zero attached hydrogens (tertiary/aromatic N) is 2. The van der Waals surface area contributed by atoms with E-state index in [2.05, 4.69) is 32.4 Å². The highest BCUT2D eigenvalue weighted by molar-refractivity contribution is 7.99. The minimum atomic E-state index is 0.698. The standard InChI is InChI=1S/C15H19N3S2/c1-2-7-17-13(5-1)14-11-20-15(18-14)6-8-16-12-4-3-9-19-10-12/h1-2,5,7,11-12,16H,3-4,6,8-10H2. The highest BCUT2D eigenvalue weighted by Crippen LogP contribution is 2.20. The van der Waals surface area contributed by atoms with Gasteiger partial charge in [0.05, 0.1) is 16.4 Å². The molecule has 0 radical (unpaired) electrons. The van der Waals surface area contributed by atoms with Gasteiger partial charge in [0.2, 0.25) is 0 Å². The Morgan fingerprint density at radius 1 is 1.30 bits per heavy atom. The molecular weight excluding hydrogens is 286 g/mol. The Balaban J connectivity index is 1.50. The van der Waals surface area contributed by atoms with Crippen molar-refractivity contribution in [3.05, 3.63) is 34.8 Å². The van der Waals surface area contributed by atoms with Crippen LogP contribution in [0.4, 0.5) is 0 Å². The number of hydrogen-bond acceptors (Lipinski definition) is 5. The first-order chi connectivity index (χ1) is 9.92. The number of rotatable bonds is 5. The maximum absolute atomic E-state index is 4.67. The third-order valence-corrected chi connectivity index (χ3v) is 5.54. The highest BCUT2D eigenvalue weighted by atomic mass is 32.2. The van der Waals surface area contributed by atoms with E-state index < -0.39 is 0 Å². The lowest BCUT2D eigenvalue weighted by atomic mass is 10.2. The van der Waals surface area contributed by atoms with Crippen molar-refractivity contribution in [1.29, 1.82) is 0 Å². The van der Waals surface area contributed by atoms with Crippen LogP contribution in [0.3, 0.4) is 0 Å². The topological polar surface area (TPSA) is 37.8 Å². The monoisotopic (exact) mass is 305 g/mol. The highest BCUT2D eigenvalue weighted by Gasteiger charge is 2.13. The van der Waals surface area contributed by atoms with Gasteiger partial charge in [0, 0.05) is 36.3 Å².